The predicted molar refractivity (Wildman–Crippen MR) is 60.7 cm³/mol. The molecule has 1 N–H and O–H groups in total. The van der Waals surface area contributed by atoms with Crippen LogP contribution < -0.4 is 5.32 Å². The largest absolute Gasteiger partial charge is 0.385 e. The molecule has 0 aliphatic carbocycles. The van der Waals surface area contributed by atoms with Crippen LogP contribution in [0.3, 0.4) is 0 Å². The lowest BCUT2D eigenvalue weighted by atomic mass is 10.3. The summed E-state index contributed by atoms with van der Waals surface area (Å²) in [4.78, 5) is 4.12. The molecule has 1 rings (SSSR count). The number of nitrogens with one attached hydrogen (secondary N) is 1. The van der Waals surface area contributed by atoms with E-state index in [1.807, 2.05) is 12.5 Å². The van der Waals surface area contributed by atoms with Gasteiger partial charge in [0.1, 0.15) is 0 Å². The topological polar surface area (TPSA) is 39.1 Å². The second-order valence-corrected chi connectivity index (χ2v) is 3.55. The summed E-state index contributed by atoms with van der Waals surface area (Å²) in [6.45, 7) is 5.91. The Hall–Kier alpha value is -0.870. The van der Waals surface area contributed by atoms with Crippen molar-refractivity contribution in [2.24, 2.45) is 0 Å². The van der Waals surface area contributed by atoms with Crippen LogP contribution >= 0.6 is 0 Å². The molecule has 0 aliphatic rings. The van der Waals surface area contributed by atoms with E-state index in [-0.39, 0.29) is 0 Å². The molecule has 0 amide bonds. The van der Waals surface area contributed by atoms with Crippen molar-refractivity contribution in [3.63, 3.8) is 0 Å². The Morgan fingerprint density at radius 1 is 1.47 bits per heavy atom. The van der Waals surface area contributed by atoms with E-state index in [1.165, 1.54) is 5.69 Å². The molecule has 0 bridgehead atoms. The molecule has 0 unspecified atom stereocenters. The fourth-order valence-electron chi connectivity index (χ4n) is 1.49. The third kappa shape index (κ3) is 4.44. The third-order valence-corrected chi connectivity index (χ3v) is 2.40. The number of imidazole rings is 1. The Kier molecular flexibility index (Phi) is 6.04. The van der Waals surface area contributed by atoms with Crippen molar-refractivity contribution in [1.82, 2.24) is 14.9 Å². The Balaban J connectivity index is 2.09. The molecule has 1 aromatic rings. The van der Waals surface area contributed by atoms with E-state index in [9.17, 15) is 0 Å². The van der Waals surface area contributed by atoms with E-state index in [1.54, 1.807) is 7.11 Å². The first-order valence-electron chi connectivity index (χ1n) is 5.57. The predicted octanol–water partition coefficient (Wildman–Crippen LogP) is 1.42. The minimum atomic E-state index is 0.856. The van der Waals surface area contributed by atoms with Crippen LogP contribution in [0.1, 0.15) is 25.5 Å². The molecule has 0 atom stereocenters. The van der Waals surface area contributed by atoms with E-state index in [0.29, 0.717) is 0 Å². The van der Waals surface area contributed by atoms with Crippen LogP contribution in [0.4, 0.5) is 0 Å². The summed E-state index contributed by atoms with van der Waals surface area (Å²) in [6.07, 6.45) is 6.08. The normalized spacial score (nSPS) is 10.8. The Morgan fingerprint density at radius 3 is 3.07 bits per heavy atom. The van der Waals surface area contributed by atoms with Crippen molar-refractivity contribution in [3.05, 3.63) is 18.2 Å². The maximum atomic E-state index is 4.99. The van der Waals surface area contributed by atoms with Crippen LogP contribution in [0.5, 0.6) is 0 Å². The zero-order valence-corrected chi connectivity index (χ0v) is 9.70. The van der Waals surface area contributed by atoms with Gasteiger partial charge in [-0.05, 0) is 26.3 Å². The highest BCUT2D eigenvalue weighted by Gasteiger charge is 1.98. The van der Waals surface area contributed by atoms with Gasteiger partial charge < -0.3 is 14.6 Å². The number of ether oxygens (including phenoxy) is 1. The summed E-state index contributed by atoms with van der Waals surface area (Å²) in [7, 11) is 1.74. The number of aryl methyl sites for hydroxylation is 1. The first-order valence-corrected chi connectivity index (χ1v) is 5.57. The molecule has 15 heavy (non-hydrogen) atoms. The monoisotopic (exact) mass is 211 g/mol. The quantitative estimate of drug-likeness (QED) is 0.661. The summed E-state index contributed by atoms with van der Waals surface area (Å²) in [5, 5.41) is 3.41. The molecular weight excluding hydrogens is 190 g/mol. The van der Waals surface area contributed by atoms with Gasteiger partial charge in [0.05, 0.1) is 12.0 Å². The number of hydrogen-bond donors (Lipinski definition) is 1. The van der Waals surface area contributed by atoms with Gasteiger partial charge in [0.25, 0.3) is 0 Å². The molecule has 0 spiro atoms. The second kappa shape index (κ2) is 7.43. The molecule has 0 aliphatic heterocycles. The molecule has 0 radical (unpaired) electrons. The average molecular weight is 211 g/mol. The summed E-state index contributed by atoms with van der Waals surface area (Å²) >= 11 is 0. The van der Waals surface area contributed by atoms with Crippen molar-refractivity contribution in [2.75, 3.05) is 20.3 Å². The van der Waals surface area contributed by atoms with Crippen molar-refractivity contribution < 1.29 is 4.74 Å². The van der Waals surface area contributed by atoms with Gasteiger partial charge in [0.15, 0.2) is 0 Å². The first kappa shape index (κ1) is 12.2. The molecule has 1 aromatic heterocycles. The van der Waals surface area contributed by atoms with Crippen molar-refractivity contribution in [3.8, 4) is 0 Å². The van der Waals surface area contributed by atoms with Crippen LogP contribution in [0.2, 0.25) is 0 Å². The minimum Gasteiger partial charge on any atom is -0.385 e. The molecule has 0 fully saturated rings. The van der Waals surface area contributed by atoms with Crippen LogP contribution in [-0.4, -0.2) is 29.8 Å². The SMILES string of the molecule is CCn1cncc1CNCCCCOC. The van der Waals surface area contributed by atoms with E-state index in [2.05, 4.69) is 21.8 Å². The van der Waals surface area contributed by atoms with E-state index < -0.39 is 0 Å². The fourth-order valence-corrected chi connectivity index (χ4v) is 1.49. The van der Waals surface area contributed by atoms with E-state index >= 15 is 0 Å². The number of rotatable bonds is 8. The lowest BCUT2D eigenvalue weighted by Gasteiger charge is -2.06. The highest BCUT2D eigenvalue weighted by molar-refractivity contribution is 4.97. The van der Waals surface area contributed by atoms with Gasteiger partial charge in [-0.25, -0.2) is 4.98 Å². The summed E-state index contributed by atoms with van der Waals surface area (Å²) in [5.74, 6) is 0. The van der Waals surface area contributed by atoms with Crippen molar-refractivity contribution in [2.45, 2.75) is 32.9 Å². The molecule has 0 saturated heterocycles. The number of nitrogens with zero attached hydrogens (tertiary/aromatic N) is 2. The molecule has 1 heterocycles. The van der Waals surface area contributed by atoms with Gasteiger partial charge in [-0.1, -0.05) is 0 Å². The summed E-state index contributed by atoms with van der Waals surface area (Å²) < 4.78 is 7.14. The molecular formula is C11H21N3O. The molecule has 0 aromatic carbocycles. The van der Waals surface area contributed by atoms with Crippen molar-refractivity contribution >= 4 is 0 Å². The Morgan fingerprint density at radius 2 is 2.33 bits per heavy atom. The molecule has 4 heteroatoms. The van der Waals surface area contributed by atoms with Crippen LogP contribution in [0, 0.1) is 0 Å². The fraction of sp³-hybridized carbons (Fsp3) is 0.727. The smallest absolute Gasteiger partial charge is 0.0948 e. The standard InChI is InChI=1S/C11H21N3O/c1-3-14-10-13-9-11(14)8-12-6-4-5-7-15-2/h9-10,12H,3-8H2,1-2H3. The second-order valence-electron chi connectivity index (χ2n) is 3.55. The van der Waals surface area contributed by atoms with E-state index in [0.717, 1.165) is 39.1 Å². The zero-order chi connectivity index (χ0) is 10.9. The number of methoxy groups -OCH3 is 1. The lowest BCUT2D eigenvalue weighted by molar-refractivity contribution is 0.192. The van der Waals surface area contributed by atoms with Crippen molar-refractivity contribution in [1.29, 1.82) is 0 Å². The first-order chi connectivity index (χ1) is 7.38. The summed E-state index contributed by atoms with van der Waals surface area (Å²) in [6, 6.07) is 0. The highest BCUT2D eigenvalue weighted by Crippen LogP contribution is 1.98. The Labute approximate surface area is 91.7 Å². The summed E-state index contributed by atoms with van der Waals surface area (Å²) in [5.41, 5.74) is 1.25. The molecule has 4 nitrogen and oxygen atoms in total. The van der Waals surface area contributed by atoms with Gasteiger partial charge in [0.2, 0.25) is 0 Å². The van der Waals surface area contributed by atoms with Crippen LogP contribution in [0.15, 0.2) is 12.5 Å². The average Bonchev–Trinajstić information content (AvgIpc) is 2.70. The number of hydrogen-bond acceptors (Lipinski definition) is 3. The number of unbranched alkanes of at least 4 members (excludes halogenated alkanes) is 1. The number of aromatic nitrogens is 2. The minimum absolute atomic E-state index is 0.856. The van der Waals surface area contributed by atoms with Gasteiger partial charge in [0, 0.05) is 33.0 Å². The van der Waals surface area contributed by atoms with Gasteiger partial charge in [-0.2, -0.15) is 0 Å². The van der Waals surface area contributed by atoms with Crippen LogP contribution in [-0.2, 0) is 17.8 Å². The molecule has 86 valence electrons. The molecule has 0 saturated carbocycles. The highest BCUT2D eigenvalue weighted by atomic mass is 16.5. The maximum absolute atomic E-state index is 4.99. The Bertz CT molecular complexity index is 260. The lowest BCUT2D eigenvalue weighted by Crippen LogP contribution is -2.17. The van der Waals surface area contributed by atoms with Gasteiger partial charge >= 0.3 is 0 Å². The third-order valence-electron chi connectivity index (χ3n) is 2.40. The van der Waals surface area contributed by atoms with Gasteiger partial charge in [-0.15, -0.1) is 0 Å². The van der Waals surface area contributed by atoms with E-state index in [4.69, 9.17) is 4.74 Å². The van der Waals surface area contributed by atoms with Crippen LogP contribution in [0.25, 0.3) is 0 Å². The zero-order valence-electron chi connectivity index (χ0n) is 9.70. The maximum Gasteiger partial charge on any atom is 0.0948 e. The van der Waals surface area contributed by atoms with Gasteiger partial charge in [-0.3, -0.25) is 0 Å².